The lowest BCUT2D eigenvalue weighted by molar-refractivity contribution is -0.116. The number of amides is 3. The topological polar surface area (TPSA) is 70.2 Å². The van der Waals surface area contributed by atoms with E-state index in [1.54, 1.807) is 19.1 Å². The molecule has 1 fully saturated rings. The number of hydrogen-bond donors (Lipinski definition) is 3. The van der Waals surface area contributed by atoms with Crippen LogP contribution in [0.2, 0.25) is 0 Å². The zero-order valence-corrected chi connectivity index (χ0v) is 13.6. The Morgan fingerprint density at radius 3 is 2.74 bits per heavy atom. The maximum atomic E-state index is 13.4. The predicted molar refractivity (Wildman–Crippen MR) is 87.8 cm³/mol. The predicted octanol–water partition coefficient (Wildman–Crippen LogP) is 3.09. The van der Waals surface area contributed by atoms with E-state index in [-0.39, 0.29) is 29.8 Å². The Morgan fingerprint density at radius 2 is 2.04 bits per heavy atom. The summed E-state index contributed by atoms with van der Waals surface area (Å²) in [6.07, 6.45) is 3.99. The van der Waals surface area contributed by atoms with Gasteiger partial charge in [0.25, 0.3) is 0 Å². The molecule has 3 amide bonds. The first-order valence-corrected chi connectivity index (χ1v) is 8.09. The fourth-order valence-corrected chi connectivity index (χ4v) is 2.75. The number of anilines is 1. The van der Waals surface area contributed by atoms with Gasteiger partial charge >= 0.3 is 6.03 Å². The van der Waals surface area contributed by atoms with Crippen LogP contribution in [-0.4, -0.2) is 24.0 Å². The van der Waals surface area contributed by atoms with E-state index in [1.165, 1.54) is 6.07 Å². The van der Waals surface area contributed by atoms with Gasteiger partial charge in [0.2, 0.25) is 5.91 Å². The molecule has 0 aromatic heterocycles. The molecule has 1 aromatic rings. The zero-order chi connectivity index (χ0) is 16.8. The van der Waals surface area contributed by atoms with Crippen molar-refractivity contribution in [2.75, 3.05) is 5.32 Å². The number of rotatable bonds is 7. The minimum absolute atomic E-state index is 0.0945. The van der Waals surface area contributed by atoms with Crippen LogP contribution in [0, 0.1) is 12.7 Å². The molecule has 23 heavy (non-hydrogen) atoms. The summed E-state index contributed by atoms with van der Waals surface area (Å²) in [5.41, 5.74) is 0.989. The van der Waals surface area contributed by atoms with E-state index < -0.39 is 0 Å². The van der Waals surface area contributed by atoms with Gasteiger partial charge in [0.15, 0.2) is 0 Å². The Kier molecular flexibility index (Phi) is 5.96. The van der Waals surface area contributed by atoms with E-state index in [9.17, 15) is 14.0 Å². The molecule has 0 unspecified atom stereocenters. The standard InChI is InChI=1S/C17H24FN3O2/c1-11-13(18)7-6-9-14(11)20-16(22)10-5-3-4-8-15-12(2)19-17(23)21-15/h6-7,9,12,15H,3-5,8,10H2,1-2H3,(H,20,22)(H2,19,21,23)/t12-,15+/m1/s1. The van der Waals surface area contributed by atoms with Crippen molar-refractivity contribution >= 4 is 17.6 Å². The van der Waals surface area contributed by atoms with Gasteiger partial charge in [-0.3, -0.25) is 4.79 Å². The SMILES string of the molecule is Cc1c(F)cccc1NC(=O)CCCCC[C@@H]1NC(=O)N[C@@H]1C. The van der Waals surface area contributed by atoms with Gasteiger partial charge in [0.1, 0.15) is 5.82 Å². The smallest absolute Gasteiger partial charge is 0.315 e. The van der Waals surface area contributed by atoms with E-state index in [1.807, 2.05) is 6.92 Å². The molecule has 2 rings (SSSR count). The Labute approximate surface area is 136 Å². The quantitative estimate of drug-likeness (QED) is 0.675. The molecule has 2 atom stereocenters. The van der Waals surface area contributed by atoms with Crippen LogP contribution in [0.3, 0.4) is 0 Å². The van der Waals surface area contributed by atoms with Crippen LogP contribution in [0.5, 0.6) is 0 Å². The zero-order valence-electron chi connectivity index (χ0n) is 13.6. The van der Waals surface area contributed by atoms with Gasteiger partial charge < -0.3 is 16.0 Å². The second-order valence-corrected chi connectivity index (χ2v) is 6.07. The summed E-state index contributed by atoms with van der Waals surface area (Å²) < 4.78 is 13.4. The van der Waals surface area contributed by atoms with Crippen LogP contribution in [0.4, 0.5) is 14.9 Å². The summed E-state index contributed by atoms with van der Waals surface area (Å²) in [6, 6.07) is 4.89. The van der Waals surface area contributed by atoms with Crippen LogP contribution in [0.15, 0.2) is 18.2 Å². The van der Waals surface area contributed by atoms with Crippen molar-refractivity contribution in [3.63, 3.8) is 0 Å². The lowest BCUT2D eigenvalue weighted by atomic mass is 10.0. The summed E-state index contributed by atoms with van der Waals surface area (Å²) >= 11 is 0. The van der Waals surface area contributed by atoms with E-state index in [0.717, 1.165) is 25.7 Å². The first-order chi connectivity index (χ1) is 11.0. The highest BCUT2D eigenvalue weighted by atomic mass is 19.1. The highest BCUT2D eigenvalue weighted by molar-refractivity contribution is 5.91. The Balaban J connectivity index is 1.63. The number of halogens is 1. The Hall–Kier alpha value is -2.11. The molecular weight excluding hydrogens is 297 g/mol. The number of benzene rings is 1. The second kappa shape index (κ2) is 7.94. The normalized spacial score (nSPS) is 20.0. The van der Waals surface area contributed by atoms with E-state index in [0.29, 0.717) is 17.7 Å². The number of urea groups is 1. The third kappa shape index (κ3) is 4.94. The lowest BCUT2D eigenvalue weighted by Crippen LogP contribution is -2.30. The number of unbranched alkanes of at least 4 members (excludes halogenated alkanes) is 2. The van der Waals surface area contributed by atoms with Gasteiger partial charge in [-0.2, -0.15) is 0 Å². The molecule has 126 valence electrons. The molecule has 6 heteroatoms. The third-order valence-corrected chi connectivity index (χ3v) is 4.24. The summed E-state index contributed by atoms with van der Waals surface area (Å²) in [5, 5.41) is 8.45. The van der Waals surface area contributed by atoms with Crippen LogP contribution in [0.1, 0.15) is 44.6 Å². The van der Waals surface area contributed by atoms with Gasteiger partial charge in [-0.25, -0.2) is 9.18 Å². The largest absolute Gasteiger partial charge is 0.334 e. The first-order valence-electron chi connectivity index (χ1n) is 8.09. The number of carbonyl (C=O) groups excluding carboxylic acids is 2. The first kappa shape index (κ1) is 17.2. The number of nitrogens with one attached hydrogen (secondary N) is 3. The summed E-state index contributed by atoms with van der Waals surface area (Å²) in [7, 11) is 0. The van der Waals surface area contributed by atoms with Crippen LogP contribution >= 0.6 is 0 Å². The van der Waals surface area contributed by atoms with Crippen molar-refractivity contribution in [2.24, 2.45) is 0 Å². The molecule has 3 N–H and O–H groups in total. The fourth-order valence-electron chi connectivity index (χ4n) is 2.75. The third-order valence-electron chi connectivity index (χ3n) is 4.24. The molecule has 1 aliphatic heterocycles. The van der Waals surface area contributed by atoms with Crippen molar-refractivity contribution in [1.29, 1.82) is 0 Å². The van der Waals surface area contributed by atoms with E-state index >= 15 is 0 Å². The molecule has 0 aliphatic carbocycles. The summed E-state index contributed by atoms with van der Waals surface area (Å²) in [5.74, 6) is -0.410. The summed E-state index contributed by atoms with van der Waals surface area (Å²) in [4.78, 5) is 23.1. The molecule has 0 spiro atoms. The number of hydrogen-bond acceptors (Lipinski definition) is 2. The highest BCUT2D eigenvalue weighted by Gasteiger charge is 2.26. The van der Waals surface area contributed by atoms with Crippen LogP contribution in [0.25, 0.3) is 0 Å². The molecule has 1 aliphatic rings. The minimum Gasteiger partial charge on any atom is -0.334 e. The van der Waals surface area contributed by atoms with Crippen LogP contribution < -0.4 is 16.0 Å². The molecule has 1 saturated heterocycles. The lowest BCUT2D eigenvalue weighted by Gasteiger charge is -2.13. The van der Waals surface area contributed by atoms with Crippen molar-refractivity contribution in [2.45, 2.75) is 58.0 Å². The van der Waals surface area contributed by atoms with Gasteiger partial charge in [-0.05, 0) is 38.8 Å². The molecule has 1 aromatic carbocycles. The van der Waals surface area contributed by atoms with Gasteiger partial charge in [-0.1, -0.05) is 18.9 Å². The van der Waals surface area contributed by atoms with Crippen molar-refractivity contribution in [3.05, 3.63) is 29.6 Å². The maximum absolute atomic E-state index is 13.4. The van der Waals surface area contributed by atoms with Crippen molar-refractivity contribution in [3.8, 4) is 0 Å². The average Bonchev–Trinajstić information content (AvgIpc) is 2.81. The van der Waals surface area contributed by atoms with Crippen molar-refractivity contribution in [1.82, 2.24) is 10.6 Å². The Bertz CT molecular complexity index is 577. The molecular formula is C17H24FN3O2. The molecule has 0 saturated carbocycles. The summed E-state index contributed by atoms with van der Waals surface area (Å²) in [6.45, 7) is 3.63. The Morgan fingerprint density at radius 1 is 1.26 bits per heavy atom. The minimum atomic E-state index is -0.316. The van der Waals surface area contributed by atoms with E-state index in [2.05, 4.69) is 16.0 Å². The highest BCUT2D eigenvalue weighted by Crippen LogP contribution is 2.18. The molecule has 1 heterocycles. The van der Waals surface area contributed by atoms with Gasteiger partial charge in [-0.15, -0.1) is 0 Å². The van der Waals surface area contributed by atoms with E-state index in [4.69, 9.17) is 0 Å². The van der Waals surface area contributed by atoms with Gasteiger partial charge in [0, 0.05) is 23.7 Å². The van der Waals surface area contributed by atoms with Crippen molar-refractivity contribution < 1.29 is 14.0 Å². The average molecular weight is 321 g/mol. The molecule has 0 bridgehead atoms. The molecule has 5 nitrogen and oxygen atoms in total. The second-order valence-electron chi connectivity index (χ2n) is 6.07. The number of carbonyl (C=O) groups is 2. The van der Waals surface area contributed by atoms with Gasteiger partial charge in [0.05, 0.1) is 6.04 Å². The van der Waals surface area contributed by atoms with Crippen LogP contribution in [-0.2, 0) is 4.79 Å². The fraction of sp³-hybridized carbons (Fsp3) is 0.529. The maximum Gasteiger partial charge on any atom is 0.315 e. The molecule has 0 radical (unpaired) electrons. The monoisotopic (exact) mass is 321 g/mol.